The molecule has 0 aliphatic heterocycles. The van der Waals surface area contributed by atoms with E-state index in [-0.39, 0.29) is 5.82 Å². The van der Waals surface area contributed by atoms with Crippen LogP contribution in [0.2, 0.25) is 0 Å². The standard InChI is InChI=1S/C17H22N2O4/c1-16(2,3)22-14(20)13-18-11-9-7-8-10-12(11)19(13)15(21)23-17(4,5)6/h7-10H,1-6H3. The fourth-order valence-electron chi connectivity index (χ4n) is 1.98. The van der Waals surface area contributed by atoms with Crippen LogP contribution in [0.1, 0.15) is 52.2 Å². The number of imidazole rings is 1. The lowest BCUT2D eigenvalue weighted by Gasteiger charge is -2.21. The van der Waals surface area contributed by atoms with Gasteiger partial charge in [0, 0.05) is 0 Å². The molecule has 6 nitrogen and oxygen atoms in total. The van der Waals surface area contributed by atoms with E-state index >= 15 is 0 Å². The summed E-state index contributed by atoms with van der Waals surface area (Å²) in [6.45, 7) is 10.5. The Morgan fingerprint density at radius 1 is 0.957 bits per heavy atom. The molecule has 0 aliphatic rings. The van der Waals surface area contributed by atoms with Gasteiger partial charge in [0.2, 0.25) is 5.82 Å². The second-order valence-corrected chi connectivity index (χ2v) is 7.24. The Labute approximate surface area is 135 Å². The van der Waals surface area contributed by atoms with Crippen molar-refractivity contribution in [1.82, 2.24) is 9.55 Å². The van der Waals surface area contributed by atoms with E-state index in [4.69, 9.17) is 9.47 Å². The summed E-state index contributed by atoms with van der Waals surface area (Å²) in [5, 5.41) is 0. The number of carbonyl (C=O) groups is 2. The molecule has 2 aromatic rings. The third-order valence-corrected chi connectivity index (χ3v) is 2.72. The van der Waals surface area contributed by atoms with E-state index in [1.165, 1.54) is 0 Å². The minimum Gasteiger partial charge on any atom is -0.454 e. The van der Waals surface area contributed by atoms with Crippen molar-refractivity contribution in [2.24, 2.45) is 0 Å². The molecular weight excluding hydrogens is 296 g/mol. The molecular formula is C17H22N2O4. The average Bonchev–Trinajstić information content (AvgIpc) is 2.73. The summed E-state index contributed by atoms with van der Waals surface area (Å²) in [6, 6.07) is 6.99. The Morgan fingerprint density at radius 2 is 1.52 bits per heavy atom. The molecule has 23 heavy (non-hydrogen) atoms. The van der Waals surface area contributed by atoms with Gasteiger partial charge in [-0.15, -0.1) is 0 Å². The fourth-order valence-corrected chi connectivity index (χ4v) is 1.98. The topological polar surface area (TPSA) is 70.4 Å². The first-order valence-corrected chi connectivity index (χ1v) is 7.42. The van der Waals surface area contributed by atoms with E-state index in [2.05, 4.69) is 4.98 Å². The van der Waals surface area contributed by atoms with Gasteiger partial charge in [-0.3, -0.25) is 0 Å². The predicted octanol–water partition coefficient (Wildman–Crippen LogP) is 3.77. The lowest BCUT2D eigenvalue weighted by Crippen LogP contribution is -2.31. The summed E-state index contributed by atoms with van der Waals surface area (Å²) in [6.07, 6.45) is -0.660. The van der Waals surface area contributed by atoms with Crippen LogP contribution >= 0.6 is 0 Å². The summed E-state index contributed by atoms with van der Waals surface area (Å²) in [5.41, 5.74) is -0.344. The van der Waals surface area contributed by atoms with Gasteiger partial charge in [0.15, 0.2) is 0 Å². The SMILES string of the molecule is CC(C)(C)OC(=O)c1nc2ccccc2n1C(=O)OC(C)(C)C. The van der Waals surface area contributed by atoms with E-state index in [0.717, 1.165) is 4.57 Å². The van der Waals surface area contributed by atoms with Crippen molar-refractivity contribution in [3.8, 4) is 0 Å². The first-order chi connectivity index (χ1) is 10.5. The van der Waals surface area contributed by atoms with E-state index in [9.17, 15) is 9.59 Å². The Morgan fingerprint density at radius 3 is 2.09 bits per heavy atom. The summed E-state index contributed by atoms with van der Waals surface area (Å²) >= 11 is 0. The van der Waals surface area contributed by atoms with Gasteiger partial charge >= 0.3 is 12.1 Å². The summed E-state index contributed by atoms with van der Waals surface area (Å²) in [7, 11) is 0. The number of benzene rings is 1. The number of ether oxygens (including phenoxy) is 2. The summed E-state index contributed by atoms with van der Waals surface area (Å²) in [5.74, 6) is -0.755. The zero-order valence-corrected chi connectivity index (χ0v) is 14.3. The van der Waals surface area contributed by atoms with Crippen LogP contribution in [-0.4, -0.2) is 32.8 Å². The van der Waals surface area contributed by atoms with Gasteiger partial charge in [0.05, 0.1) is 11.0 Å². The van der Waals surface area contributed by atoms with Crippen molar-refractivity contribution in [3.05, 3.63) is 30.1 Å². The highest BCUT2D eigenvalue weighted by Gasteiger charge is 2.29. The van der Waals surface area contributed by atoms with Crippen molar-refractivity contribution in [2.45, 2.75) is 52.7 Å². The van der Waals surface area contributed by atoms with Crippen LogP contribution in [0.3, 0.4) is 0 Å². The van der Waals surface area contributed by atoms with Crippen molar-refractivity contribution in [1.29, 1.82) is 0 Å². The van der Waals surface area contributed by atoms with Crippen molar-refractivity contribution in [3.63, 3.8) is 0 Å². The molecule has 0 saturated heterocycles. The van der Waals surface area contributed by atoms with Gasteiger partial charge in [0.25, 0.3) is 0 Å². The van der Waals surface area contributed by atoms with Crippen molar-refractivity contribution < 1.29 is 19.1 Å². The van der Waals surface area contributed by atoms with E-state index in [1.54, 1.807) is 65.8 Å². The second-order valence-electron chi connectivity index (χ2n) is 7.24. The average molecular weight is 318 g/mol. The second kappa shape index (κ2) is 5.68. The third kappa shape index (κ3) is 4.09. The lowest BCUT2D eigenvalue weighted by molar-refractivity contribution is 0.00427. The van der Waals surface area contributed by atoms with Gasteiger partial charge in [-0.05, 0) is 53.7 Å². The Balaban J connectivity index is 2.54. The number of aromatic nitrogens is 2. The van der Waals surface area contributed by atoms with Crippen LogP contribution in [-0.2, 0) is 9.47 Å². The predicted molar refractivity (Wildman–Crippen MR) is 86.5 cm³/mol. The Bertz CT molecular complexity index is 748. The molecule has 0 fully saturated rings. The first kappa shape index (κ1) is 17.0. The monoisotopic (exact) mass is 318 g/mol. The number of nitrogens with zero attached hydrogens (tertiary/aromatic N) is 2. The first-order valence-electron chi connectivity index (χ1n) is 7.42. The number of esters is 1. The summed E-state index contributed by atoms with van der Waals surface area (Å²) < 4.78 is 11.9. The van der Waals surface area contributed by atoms with Crippen LogP contribution in [0.15, 0.2) is 24.3 Å². The van der Waals surface area contributed by atoms with Gasteiger partial charge in [0.1, 0.15) is 11.2 Å². The maximum atomic E-state index is 12.5. The molecule has 0 saturated carbocycles. The summed E-state index contributed by atoms with van der Waals surface area (Å²) in [4.78, 5) is 29.2. The van der Waals surface area contributed by atoms with Crippen LogP contribution in [0, 0.1) is 0 Å². The molecule has 1 heterocycles. The molecule has 124 valence electrons. The molecule has 0 aliphatic carbocycles. The highest BCUT2D eigenvalue weighted by Crippen LogP contribution is 2.21. The molecule has 0 radical (unpaired) electrons. The molecule has 0 atom stereocenters. The smallest absolute Gasteiger partial charge is 0.420 e. The third-order valence-electron chi connectivity index (χ3n) is 2.72. The largest absolute Gasteiger partial charge is 0.454 e. The van der Waals surface area contributed by atoms with Crippen LogP contribution in [0.4, 0.5) is 4.79 Å². The Kier molecular flexibility index (Phi) is 4.20. The van der Waals surface area contributed by atoms with Gasteiger partial charge < -0.3 is 9.47 Å². The van der Waals surface area contributed by atoms with Crippen LogP contribution in [0.25, 0.3) is 11.0 Å². The minimum atomic E-state index is -0.687. The van der Waals surface area contributed by atoms with Crippen molar-refractivity contribution >= 4 is 23.1 Å². The molecule has 0 amide bonds. The fraction of sp³-hybridized carbons (Fsp3) is 0.471. The van der Waals surface area contributed by atoms with Crippen molar-refractivity contribution in [2.75, 3.05) is 0 Å². The quantitative estimate of drug-likeness (QED) is 0.748. The highest BCUT2D eigenvalue weighted by molar-refractivity contribution is 5.97. The molecule has 1 aromatic heterocycles. The Hall–Kier alpha value is -2.37. The lowest BCUT2D eigenvalue weighted by atomic mass is 10.2. The number of hydrogen-bond donors (Lipinski definition) is 0. The zero-order chi connectivity index (χ0) is 17.4. The van der Waals surface area contributed by atoms with Gasteiger partial charge in [-0.25, -0.2) is 19.1 Å². The molecule has 6 heteroatoms. The maximum Gasteiger partial charge on any atom is 0.420 e. The van der Waals surface area contributed by atoms with E-state index in [0.29, 0.717) is 11.0 Å². The van der Waals surface area contributed by atoms with Crippen LogP contribution < -0.4 is 0 Å². The van der Waals surface area contributed by atoms with Gasteiger partial charge in [-0.2, -0.15) is 0 Å². The number of rotatable bonds is 1. The van der Waals surface area contributed by atoms with E-state index < -0.39 is 23.3 Å². The zero-order valence-electron chi connectivity index (χ0n) is 14.3. The van der Waals surface area contributed by atoms with Crippen LogP contribution in [0.5, 0.6) is 0 Å². The normalized spacial score (nSPS) is 12.3. The number of hydrogen-bond acceptors (Lipinski definition) is 5. The van der Waals surface area contributed by atoms with Gasteiger partial charge in [-0.1, -0.05) is 12.1 Å². The maximum absolute atomic E-state index is 12.5. The molecule has 0 N–H and O–H groups in total. The minimum absolute atomic E-state index is 0.0876. The number of carbonyl (C=O) groups excluding carboxylic acids is 2. The van der Waals surface area contributed by atoms with E-state index in [1.807, 2.05) is 0 Å². The number of fused-ring (bicyclic) bond motifs is 1. The number of para-hydroxylation sites is 2. The molecule has 2 rings (SSSR count). The molecule has 0 unspecified atom stereocenters. The molecule has 0 bridgehead atoms. The molecule has 1 aromatic carbocycles. The molecule has 0 spiro atoms. The highest BCUT2D eigenvalue weighted by atomic mass is 16.6.